The number of nitrogens with zero attached hydrogens (tertiary/aromatic N) is 1. The fraction of sp³-hybridized carbons (Fsp3) is 0.706. The Morgan fingerprint density at radius 2 is 2.00 bits per heavy atom. The van der Waals surface area contributed by atoms with Crippen molar-refractivity contribution in [2.24, 2.45) is 11.3 Å². The van der Waals surface area contributed by atoms with E-state index in [2.05, 4.69) is 38.0 Å². The fourth-order valence-corrected chi connectivity index (χ4v) is 2.65. The van der Waals surface area contributed by atoms with Crippen molar-refractivity contribution < 1.29 is 4.74 Å². The van der Waals surface area contributed by atoms with Crippen LogP contribution in [0, 0.1) is 11.3 Å². The molecule has 4 heteroatoms. The highest BCUT2D eigenvalue weighted by molar-refractivity contribution is 5.53. The first-order chi connectivity index (χ1) is 9.85. The third-order valence-corrected chi connectivity index (χ3v) is 4.13. The van der Waals surface area contributed by atoms with Gasteiger partial charge in [-0.15, -0.1) is 0 Å². The third kappa shape index (κ3) is 4.80. The first-order valence-electron chi connectivity index (χ1n) is 8.01. The van der Waals surface area contributed by atoms with E-state index in [1.165, 1.54) is 25.7 Å². The van der Waals surface area contributed by atoms with E-state index in [1.807, 2.05) is 12.1 Å². The Labute approximate surface area is 128 Å². The van der Waals surface area contributed by atoms with Gasteiger partial charge in [-0.05, 0) is 49.1 Å². The largest absolute Gasteiger partial charge is 0.476 e. The molecule has 21 heavy (non-hydrogen) atoms. The van der Waals surface area contributed by atoms with Crippen molar-refractivity contribution in [2.75, 3.05) is 17.7 Å². The molecule has 2 rings (SSSR count). The Morgan fingerprint density at radius 3 is 2.62 bits per heavy atom. The molecule has 0 bridgehead atoms. The average molecular weight is 291 g/mol. The van der Waals surface area contributed by atoms with Gasteiger partial charge in [0.2, 0.25) is 5.88 Å². The van der Waals surface area contributed by atoms with E-state index in [9.17, 15) is 0 Å². The summed E-state index contributed by atoms with van der Waals surface area (Å²) in [6.07, 6.45) is 4.91. The van der Waals surface area contributed by atoms with Crippen LogP contribution in [-0.2, 0) is 0 Å². The van der Waals surface area contributed by atoms with Gasteiger partial charge in [0.25, 0.3) is 0 Å². The number of ether oxygens (including phenoxy) is 1. The Hall–Kier alpha value is -1.45. The van der Waals surface area contributed by atoms with Crippen molar-refractivity contribution in [2.45, 2.75) is 59.4 Å². The molecule has 0 unspecified atom stereocenters. The van der Waals surface area contributed by atoms with Crippen LogP contribution in [0.15, 0.2) is 12.1 Å². The molecule has 1 aromatic heterocycles. The number of nitrogen functional groups attached to an aromatic ring is 1. The molecule has 0 amide bonds. The van der Waals surface area contributed by atoms with Crippen molar-refractivity contribution in [3.05, 3.63) is 12.1 Å². The van der Waals surface area contributed by atoms with Gasteiger partial charge in [0.15, 0.2) is 0 Å². The summed E-state index contributed by atoms with van der Waals surface area (Å²) in [7, 11) is 0. The van der Waals surface area contributed by atoms with Gasteiger partial charge in [-0.2, -0.15) is 4.98 Å². The number of aromatic nitrogens is 1. The number of nitrogens with two attached hydrogens (primary N) is 1. The normalized spacial score (nSPS) is 18.7. The molecule has 1 aliphatic carbocycles. The standard InChI is InChI=1S/C17H29N3O/c1-12(2)11-21-16-14(18)5-6-15(20-16)19-13-7-9-17(3,4)10-8-13/h5-6,12-13H,7-11,18H2,1-4H3,(H,19,20). The quantitative estimate of drug-likeness (QED) is 0.858. The zero-order valence-electron chi connectivity index (χ0n) is 13.8. The molecule has 1 aromatic rings. The molecule has 1 heterocycles. The van der Waals surface area contributed by atoms with Gasteiger partial charge in [-0.3, -0.25) is 0 Å². The molecule has 1 fully saturated rings. The predicted molar refractivity (Wildman–Crippen MR) is 88.6 cm³/mol. The van der Waals surface area contributed by atoms with E-state index >= 15 is 0 Å². The topological polar surface area (TPSA) is 60.2 Å². The maximum absolute atomic E-state index is 5.93. The second-order valence-electron chi connectivity index (χ2n) is 7.38. The molecule has 0 radical (unpaired) electrons. The first kappa shape index (κ1) is 15.9. The first-order valence-corrected chi connectivity index (χ1v) is 8.01. The minimum Gasteiger partial charge on any atom is -0.476 e. The molecule has 0 aliphatic heterocycles. The maximum Gasteiger partial charge on any atom is 0.239 e. The van der Waals surface area contributed by atoms with Gasteiger partial charge < -0.3 is 15.8 Å². The van der Waals surface area contributed by atoms with Crippen LogP contribution in [0.3, 0.4) is 0 Å². The Kier molecular flexibility index (Phi) is 4.96. The smallest absolute Gasteiger partial charge is 0.239 e. The van der Waals surface area contributed by atoms with E-state index in [-0.39, 0.29) is 0 Å². The van der Waals surface area contributed by atoms with Gasteiger partial charge >= 0.3 is 0 Å². The zero-order valence-corrected chi connectivity index (χ0v) is 13.8. The summed E-state index contributed by atoms with van der Waals surface area (Å²) < 4.78 is 5.69. The van der Waals surface area contributed by atoms with Crippen LogP contribution in [-0.4, -0.2) is 17.6 Å². The Bertz CT molecular complexity index is 461. The number of nitrogens with one attached hydrogen (secondary N) is 1. The molecule has 0 atom stereocenters. The van der Waals surface area contributed by atoms with E-state index in [1.54, 1.807) is 0 Å². The number of rotatable bonds is 5. The van der Waals surface area contributed by atoms with Crippen molar-refractivity contribution in [3.63, 3.8) is 0 Å². The minimum atomic E-state index is 0.461. The van der Waals surface area contributed by atoms with Crippen LogP contribution in [0.5, 0.6) is 5.88 Å². The lowest BCUT2D eigenvalue weighted by molar-refractivity contribution is 0.232. The lowest BCUT2D eigenvalue weighted by Crippen LogP contribution is -2.30. The molecular weight excluding hydrogens is 262 g/mol. The minimum absolute atomic E-state index is 0.461. The van der Waals surface area contributed by atoms with E-state index in [0.717, 1.165) is 5.82 Å². The molecule has 118 valence electrons. The van der Waals surface area contributed by atoms with Crippen LogP contribution in [0.1, 0.15) is 53.4 Å². The summed E-state index contributed by atoms with van der Waals surface area (Å²) in [4.78, 5) is 4.52. The lowest BCUT2D eigenvalue weighted by Gasteiger charge is -2.34. The molecule has 4 nitrogen and oxygen atoms in total. The Morgan fingerprint density at radius 1 is 1.33 bits per heavy atom. The Balaban J connectivity index is 1.96. The number of hydrogen-bond acceptors (Lipinski definition) is 4. The van der Waals surface area contributed by atoms with Gasteiger partial charge in [-0.1, -0.05) is 27.7 Å². The zero-order chi connectivity index (χ0) is 15.5. The maximum atomic E-state index is 5.93. The van der Waals surface area contributed by atoms with Crippen molar-refractivity contribution in [3.8, 4) is 5.88 Å². The average Bonchev–Trinajstić information content (AvgIpc) is 2.41. The van der Waals surface area contributed by atoms with Crippen LogP contribution in [0.4, 0.5) is 11.5 Å². The molecular formula is C17H29N3O. The van der Waals surface area contributed by atoms with E-state index in [4.69, 9.17) is 10.5 Å². The molecule has 0 aromatic carbocycles. The van der Waals surface area contributed by atoms with Gasteiger partial charge in [0.05, 0.1) is 12.3 Å². The van der Waals surface area contributed by atoms with Crippen LogP contribution >= 0.6 is 0 Å². The highest BCUT2D eigenvalue weighted by Gasteiger charge is 2.26. The summed E-state index contributed by atoms with van der Waals surface area (Å²) in [5.74, 6) is 1.88. The van der Waals surface area contributed by atoms with Gasteiger partial charge in [-0.25, -0.2) is 0 Å². The van der Waals surface area contributed by atoms with Crippen LogP contribution in [0.2, 0.25) is 0 Å². The summed E-state index contributed by atoms with van der Waals surface area (Å²) in [5, 5.41) is 3.53. The highest BCUT2D eigenvalue weighted by Crippen LogP contribution is 2.36. The summed E-state index contributed by atoms with van der Waals surface area (Å²) in [6, 6.07) is 4.32. The fourth-order valence-electron chi connectivity index (χ4n) is 2.65. The van der Waals surface area contributed by atoms with Crippen LogP contribution < -0.4 is 15.8 Å². The second-order valence-corrected chi connectivity index (χ2v) is 7.38. The second kappa shape index (κ2) is 6.54. The predicted octanol–water partition coefficient (Wildman–Crippen LogP) is 4.08. The molecule has 0 saturated heterocycles. The van der Waals surface area contributed by atoms with E-state index < -0.39 is 0 Å². The van der Waals surface area contributed by atoms with E-state index in [0.29, 0.717) is 35.5 Å². The lowest BCUT2D eigenvalue weighted by atomic mass is 9.75. The molecule has 1 aliphatic rings. The summed E-state index contributed by atoms with van der Waals surface area (Å²) in [6.45, 7) is 9.56. The monoisotopic (exact) mass is 291 g/mol. The molecule has 1 saturated carbocycles. The van der Waals surface area contributed by atoms with Crippen molar-refractivity contribution in [1.82, 2.24) is 4.98 Å². The summed E-state index contributed by atoms with van der Waals surface area (Å²) in [5.41, 5.74) is 7.02. The van der Waals surface area contributed by atoms with Crippen molar-refractivity contribution in [1.29, 1.82) is 0 Å². The molecule has 0 spiro atoms. The number of pyridine rings is 1. The number of anilines is 2. The van der Waals surface area contributed by atoms with Crippen molar-refractivity contribution >= 4 is 11.5 Å². The number of hydrogen-bond donors (Lipinski definition) is 2. The third-order valence-electron chi connectivity index (χ3n) is 4.13. The highest BCUT2D eigenvalue weighted by atomic mass is 16.5. The van der Waals surface area contributed by atoms with Gasteiger partial charge in [0, 0.05) is 6.04 Å². The molecule has 3 N–H and O–H groups in total. The van der Waals surface area contributed by atoms with Crippen LogP contribution in [0.25, 0.3) is 0 Å². The van der Waals surface area contributed by atoms with Gasteiger partial charge in [0.1, 0.15) is 5.82 Å². The SMILES string of the molecule is CC(C)COc1nc(NC2CCC(C)(C)CC2)ccc1N. The summed E-state index contributed by atoms with van der Waals surface area (Å²) >= 11 is 0.